The second kappa shape index (κ2) is 6.53. The van der Waals surface area contributed by atoms with Crippen molar-refractivity contribution in [3.8, 4) is 0 Å². The third-order valence-electron chi connectivity index (χ3n) is 3.15. The molecule has 2 aromatic carbocycles. The molecule has 0 amide bonds. The summed E-state index contributed by atoms with van der Waals surface area (Å²) in [5, 5.41) is 9.71. The van der Waals surface area contributed by atoms with E-state index in [4.69, 9.17) is 11.6 Å². The molecule has 0 radical (unpaired) electrons. The van der Waals surface area contributed by atoms with E-state index in [9.17, 15) is 14.3 Å². The highest BCUT2D eigenvalue weighted by Crippen LogP contribution is 2.20. The maximum absolute atomic E-state index is 13.7. The molecular formula is C16H14ClFO2. The summed E-state index contributed by atoms with van der Waals surface area (Å²) >= 11 is 5.83. The smallest absolute Gasteiger partial charge is 0.307 e. The molecule has 0 aromatic heterocycles. The minimum Gasteiger partial charge on any atom is -0.481 e. The standard InChI is InChI=1S/C16H14ClFO2/c17-14-6-7-15(18)12(10-14)9-13(16(19)20)8-11-4-2-1-3-5-11/h1-7,10,13H,8-9H2,(H,19,20). The van der Waals surface area contributed by atoms with E-state index in [-0.39, 0.29) is 6.42 Å². The minimum atomic E-state index is -0.937. The van der Waals surface area contributed by atoms with Gasteiger partial charge in [0.25, 0.3) is 0 Å². The van der Waals surface area contributed by atoms with E-state index in [0.29, 0.717) is 17.0 Å². The topological polar surface area (TPSA) is 37.3 Å². The Bertz CT molecular complexity index is 599. The van der Waals surface area contributed by atoms with Gasteiger partial charge in [0.05, 0.1) is 5.92 Å². The van der Waals surface area contributed by atoms with Gasteiger partial charge < -0.3 is 5.11 Å². The Morgan fingerprint density at radius 3 is 2.50 bits per heavy atom. The molecule has 0 aliphatic carbocycles. The first-order valence-corrected chi connectivity index (χ1v) is 6.64. The molecule has 2 aromatic rings. The summed E-state index contributed by atoms with van der Waals surface area (Å²) in [6, 6.07) is 13.5. The fraction of sp³-hybridized carbons (Fsp3) is 0.188. The molecular weight excluding hydrogens is 279 g/mol. The highest BCUT2D eigenvalue weighted by Gasteiger charge is 2.20. The molecule has 1 atom stereocenters. The lowest BCUT2D eigenvalue weighted by Crippen LogP contribution is -2.19. The van der Waals surface area contributed by atoms with E-state index in [1.807, 2.05) is 30.3 Å². The Morgan fingerprint density at radius 1 is 1.15 bits per heavy atom. The quantitative estimate of drug-likeness (QED) is 0.905. The van der Waals surface area contributed by atoms with Gasteiger partial charge in [0.1, 0.15) is 5.82 Å². The second-order valence-corrected chi connectivity index (χ2v) is 5.10. The lowest BCUT2D eigenvalue weighted by molar-refractivity contribution is -0.141. The minimum absolute atomic E-state index is 0.122. The van der Waals surface area contributed by atoms with Gasteiger partial charge in [0.15, 0.2) is 0 Å². The molecule has 2 rings (SSSR count). The van der Waals surface area contributed by atoms with Crippen LogP contribution in [0.5, 0.6) is 0 Å². The van der Waals surface area contributed by atoms with Gasteiger partial charge in [0.2, 0.25) is 0 Å². The fourth-order valence-corrected chi connectivity index (χ4v) is 2.31. The second-order valence-electron chi connectivity index (χ2n) is 4.66. The summed E-state index contributed by atoms with van der Waals surface area (Å²) in [6.07, 6.45) is 0.485. The molecule has 2 nitrogen and oxygen atoms in total. The van der Waals surface area contributed by atoms with Gasteiger partial charge in [-0.15, -0.1) is 0 Å². The number of hydrogen-bond acceptors (Lipinski definition) is 1. The largest absolute Gasteiger partial charge is 0.481 e. The maximum atomic E-state index is 13.7. The number of benzene rings is 2. The van der Waals surface area contributed by atoms with E-state index in [2.05, 4.69) is 0 Å². The number of rotatable bonds is 5. The van der Waals surface area contributed by atoms with E-state index in [1.54, 1.807) is 0 Å². The number of carbonyl (C=O) groups is 1. The SMILES string of the molecule is O=C(O)C(Cc1ccccc1)Cc1cc(Cl)ccc1F. The lowest BCUT2D eigenvalue weighted by atomic mass is 9.92. The van der Waals surface area contributed by atoms with Crippen LogP contribution in [0.4, 0.5) is 4.39 Å². The van der Waals surface area contributed by atoms with Crippen molar-refractivity contribution in [1.82, 2.24) is 0 Å². The molecule has 1 unspecified atom stereocenters. The highest BCUT2D eigenvalue weighted by molar-refractivity contribution is 6.30. The zero-order valence-electron chi connectivity index (χ0n) is 10.7. The maximum Gasteiger partial charge on any atom is 0.307 e. The summed E-state index contributed by atoms with van der Waals surface area (Å²) in [4.78, 5) is 11.3. The lowest BCUT2D eigenvalue weighted by Gasteiger charge is -2.13. The summed E-state index contributed by atoms with van der Waals surface area (Å²) in [5.74, 6) is -2.03. The Kier molecular flexibility index (Phi) is 4.74. The highest BCUT2D eigenvalue weighted by atomic mass is 35.5. The first-order chi connectivity index (χ1) is 9.56. The van der Waals surface area contributed by atoms with E-state index >= 15 is 0 Å². The molecule has 0 bridgehead atoms. The van der Waals surface area contributed by atoms with E-state index in [0.717, 1.165) is 5.56 Å². The predicted molar refractivity (Wildman–Crippen MR) is 76.4 cm³/mol. The monoisotopic (exact) mass is 292 g/mol. The van der Waals surface area contributed by atoms with Crippen molar-refractivity contribution in [1.29, 1.82) is 0 Å². The molecule has 104 valence electrons. The van der Waals surface area contributed by atoms with Gasteiger partial charge in [-0.3, -0.25) is 4.79 Å². The van der Waals surface area contributed by atoms with Gasteiger partial charge in [-0.25, -0.2) is 4.39 Å². The van der Waals surface area contributed by atoms with Crippen LogP contribution in [-0.4, -0.2) is 11.1 Å². The Labute approximate surface area is 121 Å². The molecule has 0 saturated heterocycles. The molecule has 4 heteroatoms. The zero-order valence-corrected chi connectivity index (χ0v) is 11.5. The molecule has 0 heterocycles. The molecule has 0 saturated carbocycles. The summed E-state index contributed by atoms with van der Waals surface area (Å²) < 4.78 is 13.7. The van der Waals surface area contributed by atoms with Crippen molar-refractivity contribution in [2.75, 3.05) is 0 Å². The Balaban J connectivity index is 2.18. The average Bonchev–Trinajstić information content (AvgIpc) is 2.43. The van der Waals surface area contributed by atoms with Crippen molar-refractivity contribution in [3.05, 3.63) is 70.5 Å². The fourth-order valence-electron chi connectivity index (χ4n) is 2.11. The van der Waals surface area contributed by atoms with Crippen LogP contribution in [0, 0.1) is 11.7 Å². The van der Waals surface area contributed by atoms with Crippen LogP contribution in [-0.2, 0) is 17.6 Å². The van der Waals surface area contributed by atoms with Crippen LogP contribution in [0.1, 0.15) is 11.1 Å². The van der Waals surface area contributed by atoms with Crippen LogP contribution in [0.3, 0.4) is 0 Å². The number of halogens is 2. The molecule has 20 heavy (non-hydrogen) atoms. The van der Waals surface area contributed by atoms with Gasteiger partial charge in [-0.05, 0) is 42.2 Å². The number of hydrogen-bond donors (Lipinski definition) is 1. The molecule has 0 aliphatic rings. The zero-order chi connectivity index (χ0) is 14.5. The number of carboxylic acids is 1. The molecule has 1 N–H and O–H groups in total. The van der Waals surface area contributed by atoms with E-state index < -0.39 is 17.7 Å². The molecule has 0 aliphatic heterocycles. The van der Waals surface area contributed by atoms with Crippen molar-refractivity contribution in [3.63, 3.8) is 0 Å². The summed E-state index contributed by atoms with van der Waals surface area (Å²) in [7, 11) is 0. The Hall–Kier alpha value is -1.87. The van der Waals surface area contributed by atoms with Crippen molar-refractivity contribution in [2.24, 2.45) is 5.92 Å². The molecule has 0 fully saturated rings. The predicted octanol–water partition coefficient (Wildman–Crippen LogP) is 3.97. The number of aliphatic carboxylic acids is 1. The first-order valence-electron chi connectivity index (χ1n) is 6.27. The van der Waals surface area contributed by atoms with Crippen molar-refractivity contribution < 1.29 is 14.3 Å². The van der Waals surface area contributed by atoms with Crippen LogP contribution < -0.4 is 0 Å². The van der Waals surface area contributed by atoms with Crippen LogP contribution in [0.25, 0.3) is 0 Å². The average molecular weight is 293 g/mol. The van der Waals surface area contributed by atoms with Gasteiger partial charge in [-0.1, -0.05) is 41.9 Å². The first kappa shape index (κ1) is 14.5. The van der Waals surface area contributed by atoms with Crippen molar-refractivity contribution >= 4 is 17.6 Å². The van der Waals surface area contributed by atoms with Gasteiger partial charge >= 0.3 is 5.97 Å². The summed E-state index contributed by atoms with van der Waals surface area (Å²) in [6.45, 7) is 0. The van der Waals surface area contributed by atoms with Crippen LogP contribution >= 0.6 is 11.6 Å². The van der Waals surface area contributed by atoms with Gasteiger partial charge in [-0.2, -0.15) is 0 Å². The summed E-state index contributed by atoms with van der Waals surface area (Å²) in [5.41, 5.74) is 1.25. The number of carboxylic acid groups (broad SMARTS) is 1. The Morgan fingerprint density at radius 2 is 1.85 bits per heavy atom. The third kappa shape index (κ3) is 3.81. The van der Waals surface area contributed by atoms with Crippen LogP contribution in [0.15, 0.2) is 48.5 Å². The van der Waals surface area contributed by atoms with Crippen LogP contribution in [0.2, 0.25) is 5.02 Å². The van der Waals surface area contributed by atoms with Gasteiger partial charge in [0, 0.05) is 5.02 Å². The van der Waals surface area contributed by atoms with E-state index in [1.165, 1.54) is 18.2 Å². The van der Waals surface area contributed by atoms with Crippen molar-refractivity contribution in [2.45, 2.75) is 12.8 Å². The molecule has 0 spiro atoms. The normalized spacial score (nSPS) is 12.1. The third-order valence-corrected chi connectivity index (χ3v) is 3.38.